The molecule has 1 rings (SSSR count). The molecule has 17 heavy (non-hydrogen) atoms. The SMILES string of the molecule is CCC(CC)C(=O)Nc1nc(C(=O)OC)ns1. The number of methoxy groups -OCH3 is 1. The summed E-state index contributed by atoms with van der Waals surface area (Å²) in [7, 11) is 1.26. The molecule has 6 nitrogen and oxygen atoms in total. The van der Waals surface area contributed by atoms with Gasteiger partial charge in [0.15, 0.2) is 0 Å². The summed E-state index contributed by atoms with van der Waals surface area (Å²) in [6, 6.07) is 0. The third-order valence-corrected chi connectivity index (χ3v) is 3.01. The summed E-state index contributed by atoms with van der Waals surface area (Å²) in [6.45, 7) is 3.90. The molecule has 0 spiro atoms. The summed E-state index contributed by atoms with van der Waals surface area (Å²) >= 11 is 0.966. The van der Waals surface area contributed by atoms with Crippen LogP contribution in [0.1, 0.15) is 37.3 Å². The van der Waals surface area contributed by atoms with Crippen LogP contribution in [0, 0.1) is 5.92 Å². The molecule has 94 valence electrons. The zero-order chi connectivity index (χ0) is 12.8. The van der Waals surface area contributed by atoms with Crippen LogP contribution in [0.3, 0.4) is 0 Å². The lowest BCUT2D eigenvalue weighted by molar-refractivity contribution is -0.120. The van der Waals surface area contributed by atoms with E-state index >= 15 is 0 Å². The zero-order valence-corrected chi connectivity index (χ0v) is 10.8. The molecule has 0 fully saturated rings. The van der Waals surface area contributed by atoms with Crippen molar-refractivity contribution in [1.82, 2.24) is 9.36 Å². The minimum Gasteiger partial charge on any atom is -0.463 e. The first-order valence-electron chi connectivity index (χ1n) is 5.35. The summed E-state index contributed by atoms with van der Waals surface area (Å²) in [6.07, 6.45) is 1.54. The molecule has 1 N–H and O–H groups in total. The highest BCUT2D eigenvalue weighted by molar-refractivity contribution is 7.10. The fourth-order valence-electron chi connectivity index (χ4n) is 1.32. The molecule has 1 amide bonds. The lowest BCUT2D eigenvalue weighted by Crippen LogP contribution is -2.21. The number of nitrogens with one attached hydrogen (secondary N) is 1. The van der Waals surface area contributed by atoms with Crippen molar-refractivity contribution in [3.8, 4) is 0 Å². The number of nitrogens with zero attached hydrogens (tertiary/aromatic N) is 2. The van der Waals surface area contributed by atoms with Crippen LogP contribution in [0.2, 0.25) is 0 Å². The van der Waals surface area contributed by atoms with Crippen molar-refractivity contribution in [3.63, 3.8) is 0 Å². The number of aromatic nitrogens is 2. The van der Waals surface area contributed by atoms with E-state index in [9.17, 15) is 9.59 Å². The monoisotopic (exact) mass is 257 g/mol. The lowest BCUT2D eigenvalue weighted by atomic mass is 10.0. The number of hydrogen-bond acceptors (Lipinski definition) is 6. The maximum absolute atomic E-state index is 11.7. The summed E-state index contributed by atoms with van der Waals surface area (Å²) < 4.78 is 8.27. The number of ether oxygens (including phenoxy) is 1. The number of anilines is 1. The molecule has 0 unspecified atom stereocenters. The van der Waals surface area contributed by atoms with Gasteiger partial charge in [0.25, 0.3) is 5.82 Å². The highest BCUT2D eigenvalue weighted by atomic mass is 32.1. The van der Waals surface area contributed by atoms with Crippen molar-refractivity contribution in [3.05, 3.63) is 5.82 Å². The standard InChI is InChI=1S/C10H15N3O3S/c1-4-6(5-2)8(14)12-10-11-7(13-17-10)9(15)16-3/h6H,4-5H2,1-3H3,(H,11,12,13,14). The maximum atomic E-state index is 11.7. The molecule has 1 heterocycles. The van der Waals surface area contributed by atoms with Gasteiger partial charge < -0.3 is 10.1 Å². The average Bonchev–Trinajstić information content (AvgIpc) is 2.78. The molecule has 7 heteroatoms. The largest absolute Gasteiger partial charge is 0.463 e. The minimum absolute atomic E-state index is 0.0302. The van der Waals surface area contributed by atoms with Crippen LogP contribution in [0.4, 0.5) is 5.13 Å². The molecule has 0 aliphatic heterocycles. The van der Waals surface area contributed by atoms with E-state index in [1.54, 1.807) is 0 Å². The van der Waals surface area contributed by atoms with Gasteiger partial charge >= 0.3 is 5.97 Å². The van der Waals surface area contributed by atoms with E-state index in [2.05, 4.69) is 19.4 Å². The average molecular weight is 257 g/mol. The van der Waals surface area contributed by atoms with Gasteiger partial charge in [-0.25, -0.2) is 4.79 Å². The zero-order valence-electron chi connectivity index (χ0n) is 10.0. The third kappa shape index (κ3) is 3.48. The predicted molar refractivity (Wildman–Crippen MR) is 64.0 cm³/mol. The quantitative estimate of drug-likeness (QED) is 0.812. The second-order valence-electron chi connectivity index (χ2n) is 3.42. The number of carbonyl (C=O) groups excluding carboxylic acids is 2. The molecule has 0 aliphatic rings. The van der Waals surface area contributed by atoms with Crippen LogP contribution < -0.4 is 5.32 Å². The van der Waals surface area contributed by atoms with Crippen molar-refractivity contribution in [1.29, 1.82) is 0 Å². The fraction of sp³-hybridized carbons (Fsp3) is 0.600. The van der Waals surface area contributed by atoms with Crippen LogP contribution in [0.15, 0.2) is 0 Å². The van der Waals surface area contributed by atoms with Crippen LogP contribution >= 0.6 is 11.5 Å². The van der Waals surface area contributed by atoms with Gasteiger partial charge in [-0.3, -0.25) is 4.79 Å². The van der Waals surface area contributed by atoms with Crippen LogP contribution in [-0.4, -0.2) is 28.3 Å². The molecule has 0 aromatic carbocycles. The Labute approximate surface area is 104 Å². The molecule has 1 aromatic rings. The lowest BCUT2D eigenvalue weighted by Gasteiger charge is -2.09. The molecular weight excluding hydrogens is 242 g/mol. The van der Waals surface area contributed by atoms with Gasteiger partial charge in [0.05, 0.1) is 7.11 Å². The predicted octanol–water partition coefficient (Wildman–Crippen LogP) is 1.70. The normalized spacial score (nSPS) is 10.4. The number of rotatable bonds is 5. The van der Waals surface area contributed by atoms with Crippen LogP contribution in [0.5, 0.6) is 0 Å². The Bertz CT molecular complexity index is 401. The van der Waals surface area contributed by atoms with Crippen molar-refractivity contribution in [2.45, 2.75) is 26.7 Å². The van der Waals surface area contributed by atoms with Gasteiger partial charge in [-0.15, -0.1) is 0 Å². The fourth-order valence-corrected chi connectivity index (χ4v) is 1.88. The number of hydrogen-bond donors (Lipinski definition) is 1. The topological polar surface area (TPSA) is 81.2 Å². The summed E-state index contributed by atoms with van der Waals surface area (Å²) in [5.74, 6) is -0.773. The van der Waals surface area contributed by atoms with Crippen molar-refractivity contribution in [2.75, 3.05) is 12.4 Å². The second kappa shape index (κ2) is 6.29. The van der Waals surface area contributed by atoms with E-state index < -0.39 is 5.97 Å². The first-order valence-corrected chi connectivity index (χ1v) is 6.12. The number of esters is 1. The van der Waals surface area contributed by atoms with Crippen LogP contribution in [-0.2, 0) is 9.53 Å². The van der Waals surface area contributed by atoms with Crippen molar-refractivity contribution in [2.24, 2.45) is 5.92 Å². The van der Waals surface area contributed by atoms with Gasteiger partial charge in [-0.1, -0.05) is 13.8 Å². The maximum Gasteiger partial charge on any atom is 0.377 e. The molecular formula is C10H15N3O3S. The minimum atomic E-state index is -0.607. The summed E-state index contributed by atoms with van der Waals surface area (Å²) in [5.41, 5.74) is 0. The molecule has 0 atom stereocenters. The molecule has 1 aromatic heterocycles. The Kier molecular flexibility index (Phi) is 5.02. The first-order chi connectivity index (χ1) is 8.12. The third-order valence-electron chi connectivity index (χ3n) is 2.38. The van der Waals surface area contributed by atoms with Crippen molar-refractivity contribution >= 4 is 28.5 Å². The van der Waals surface area contributed by atoms with E-state index in [0.29, 0.717) is 5.13 Å². The Morgan fingerprint density at radius 3 is 2.59 bits per heavy atom. The summed E-state index contributed by atoms with van der Waals surface area (Å²) in [4.78, 5) is 26.7. The van der Waals surface area contributed by atoms with E-state index in [1.807, 2.05) is 13.8 Å². The highest BCUT2D eigenvalue weighted by Crippen LogP contribution is 2.15. The number of carbonyl (C=O) groups is 2. The van der Waals surface area contributed by atoms with E-state index in [4.69, 9.17) is 0 Å². The molecule has 0 radical (unpaired) electrons. The Hall–Kier alpha value is -1.50. The second-order valence-corrected chi connectivity index (χ2v) is 4.17. The Morgan fingerprint density at radius 2 is 2.06 bits per heavy atom. The Balaban J connectivity index is 2.66. The van der Waals surface area contributed by atoms with E-state index in [-0.39, 0.29) is 17.6 Å². The molecule has 0 saturated carbocycles. The molecule has 0 aliphatic carbocycles. The van der Waals surface area contributed by atoms with Gasteiger partial charge in [0.1, 0.15) is 0 Å². The molecule has 0 saturated heterocycles. The van der Waals surface area contributed by atoms with E-state index in [1.165, 1.54) is 7.11 Å². The van der Waals surface area contributed by atoms with Gasteiger partial charge in [0.2, 0.25) is 11.0 Å². The van der Waals surface area contributed by atoms with Crippen molar-refractivity contribution < 1.29 is 14.3 Å². The number of amides is 1. The van der Waals surface area contributed by atoms with Gasteiger partial charge in [-0.2, -0.15) is 9.36 Å². The highest BCUT2D eigenvalue weighted by Gasteiger charge is 2.18. The summed E-state index contributed by atoms with van der Waals surface area (Å²) in [5, 5.41) is 2.96. The Morgan fingerprint density at radius 1 is 1.41 bits per heavy atom. The van der Waals surface area contributed by atoms with Gasteiger partial charge in [0, 0.05) is 17.5 Å². The van der Waals surface area contributed by atoms with E-state index in [0.717, 1.165) is 24.4 Å². The molecule has 0 bridgehead atoms. The van der Waals surface area contributed by atoms with Crippen LogP contribution in [0.25, 0.3) is 0 Å². The first kappa shape index (κ1) is 13.6. The smallest absolute Gasteiger partial charge is 0.377 e. The van der Waals surface area contributed by atoms with Gasteiger partial charge in [-0.05, 0) is 12.8 Å².